The molecule has 2 aromatic rings. The van der Waals surface area contributed by atoms with E-state index in [-0.39, 0.29) is 6.61 Å². The van der Waals surface area contributed by atoms with Crippen molar-refractivity contribution in [2.45, 2.75) is 31.3 Å². The van der Waals surface area contributed by atoms with Gasteiger partial charge in [-0.05, 0) is 16.7 Å². The zero-order valence-electron chi connectivity index (χ0n) is 14.1. The first-order chi connectivity index (χ1) is 12.4. The minimum atomic E-state index is -1.65. The van der Waals surface area contributed by atoms with Gasteiger partial charge in [-0.15, -0.1) is 0 Å². The Balaban J connectivity index is 2.00. The zero-order chi connectivity index (χ0) is 19.1. The van der Waals surface area contributed by atoms with Crippen LogP contribution in [0, 0.1) is 0 Å². The minimum Gasteiger partial charge on any atom is -0.390 e. The van der Waals surface area contributed by atoms with Crippen LogP contribution in [0.2, 0.25) is 0 Å². The first-order valence-electron chi connectivity index (χ1n) is 8.08. The summed E-state index contributed by atoms with van der Waals surface area (Å²) in [6.45, 7) is 0.00300. The Morgan fingerprint density at radius 3 is 2.04 bits per heavy atom. The van der Waals surface area contributed by atoms with E-state index in [1.807, 2.05) is 54.6 Å². The summed E-state index contributed by atoms with van der Waals surface area (Å²) < 4.78 is 5.36. The molecule has 26 heavy (non-hydrogen) atoms. The molecule has 138 valence electrons. The molecule has 7 heteroatoms. The number of ether oxygens (including phenoxy) is 1. The molecular weight excluding hydrogens is 336 g/mol. The van der Waals surface area contributed by atoms with Crippen LogP contribution >= 0.6 is 0 Å². The van der Waals surface area contributed by atoms with Crippen molar-refractivity contribution in [1.29, 1.82) is 0 Å². The predicted molar refractivity (Wildman–Crippen MR) is 95.5 cm³/mol. The molecule has 0 aliphatic carbocycles. The summed E-state index contributed by atoms with van der Waals surface area (Å²) in [4.78, 5) is 22.3. The van der Waals surface area contributed by atoms with Crippen LogP contribution in [0.15, 0.2) is 54.6 Å². The lowest BCUT2D eigenvalue weighted by Crippen LogP contribution is -2.48. The molecule has 0 saturated heterocycles. The number of benzene rings is 2. The minimum absolute atomic E-state index is 0.00300. The third-order valence-electron chi connectivity index (χ3n) is 3.89. The molecule has 2 aromatic carbocycles. The van der Waals surface area contributed by atoms with Gasteiger partial charge in [-0.2, -0.15) is 0 Å². The number of hydrogen-bond acceptors (Lipinski definition) is 5. The van der Waals surface area contributed by atoms with Crippen LogP contribution in [0.5, 0.6) is 0 Å². The summed E-state index contributed by atoms with van der Waals surface area (Å²) in [6.07, 6.45) is -5.15. The second kappa shape index (κ2) is 9.10. The molecule has 0 heterocycles. The molecule has 0 saturated carbocycles. The van der Waals surface area contributed by atoms with Gasteiger partial charge in [0.15, 0.2) is 6.10 Å². The normalized spacial score (nSPS) is 14.4. The van der Waals surface area contributed by atoms with Crippen molar-refractivity contribution in [2.24, 2.45) is 11.5 Å². The second-order valence-corrected chi connectivity index (χ2v) is 5.93. The number of primary amides is 2. The van der Waals surface area contributed by atoms with Gasteiger partial charge >= 0.3 is 0 Å². The van der Waals surface area contributed by atoms with Crippen molar-refractivity contribution in [3.63, 3.8) is 0 Å². The topological polar surface area (TPSA) is 136 Å². The van der Waals surface area contributed by atoms with Crippen LogP contribution in [0.25, 0.3) is 11.1 Å². The highest BCUT2D eigenvalue weighted by Crippen LogP contribution is 2.20. The van der Waals surface area contributed by atoms with Crippen LogP contribution in [0.3, 0.4) is 0 Å². The van der Waals surface area contributed by atoms with Gasteiger partial charge in [0.25, 0.3) is 0 Å². The first-order valence-corrected chi connectivity index (χ1v) is 8.08. The smallest absolute Gasteiger partial charge is 0.249 e. The maximum Gasteiger partial charge on any atom is 0.249 e. The summed E-state index contributed by atoms with van der Waals surface area (Å²) in [5.74, 6) is -1.75. The Morgan fingerprint density at radius 1 is 0.923 bits per heavy atom. The SMILES string of the molecule is NC(=O)CC(O)C(O)C(OCc1ccc(-c2ccccc2)cc1)C(N)=O. The summed E-state index contributed by atoms with van der Waals surface area (Å²) in [7, 11) is 0. The number of aliphatic hydroxyl groups excluding tert-OH is 2. The van der Waals surface area contributed by atoms with Gasteiger partial charge in [-0.3, -0.25) is 9.59 Å². The summed E-state index contributed by atoms with van der Waals surface area (Å²) in [6, 6.07) is 17.3. The van der Waals surface area contributed by atoms with Crippen molar-refractivity contribution in [1.82, 2.24) is 0 Å². The lowest BCUT2D eigenvalue weighted by molar-refractivity contribution is -0.149. The molecule has 0 fully saturated rings. The fourth-order valence-corrected chi connectivity index (χ4v) is 2.49. The molecule has 0 spiro atoms. The van der Waals surface area contributed by atoms with E-state index in [2.05, 4.69) is 0 Å². The second-order valence-electron chi connectivity index (χ2n) is 5.93. The van der Waals surface area contributed by atoms with E-state index in [1.165, 1.54) is 0 Å². The van der Waals surface area contributed by atoms with E-state index < -0.39 is 36.5 Å². The third kappa shape index (κ3) is 5.38. The van der Waals surface area contributed by atoms with E-state index in [1.54, 1.807) is 0 Å². The van der Waals surface area contributed by atoms with E-state index in [0.717, 1.165) is 16.7 Å². The van der Waals surface area contributed by atoms with Gasteiger partial charge in [0, 0.05) is 0 Å². The van der Waals surface area contributed by atoms with Crippen molar-refractivity contribution in [3.05, 3.63) is 60.2 Å². The number of hydrogen-bond donors (Lipinski definition) is 4. The van der Waals surface area contributed by atoms with Crippen molar-refractivity contribution in [3.8, 4) is 11.1 Å². The highest BCUT2D eigenvalue weighted by atomic mass is 16.5. The number of aliphatic hydroxyl groups is 2. The number of nitrogens with two attached hydrogens (primary N) is 2. The molecular formula is C19H22N2O5. The van der Waals surface area contributed by atoms with E-state index in [4.69, 9.17) is 16.2 Å². The molecule has 0 bridgehead atoms. The summed E-state index contributed by atoms with van der Waals surface area (Å²) in [5, 5.41) is 19.7. The predicted octanol–water partition coefficient (Wildman–Crippen LogP) is 0.321. The third-order valence-corrected chi connectivity index (χ3v) is 3.89. The molecule has 0 aliphatic rings. The van der Waals surface area contributed by atoms with Gasteiger partial charge in [0.2, 0.25) is 11.8 Å². The summed E-state index contributed by atoms with van der Waals surface area (Å²) in [5.41, 5.74) is 13.0. The Morgan fingerprint density at radius 2 is 1.50 bits per heavy atom. The maximum atomic E-state index is 11.5. The standard InChI is InChI=1S/C19H22N2O5/c20-16(23)10-15(22)17(24)18(19(21)25)26-11-12-6-8-14(9-7-12)13-4-2-1-3-5-13/h1-9,15,17-18,22,24H,10-11H2,(H2,20,23)(H2,21,25). The van der Waals surface area contributed by atoms with Crippen LogP contribution in [0.4, 0.5) is 0 Å². The van der Waals surface area contributed by atoms with Crippen LogP contribution in [-0.2, 0) is 20.9 Å². The molecule has 3 atom stereocenters. The lowest BCUT2D eigenvalue weighted by atomic mass is 10.0. The van der Waals surface area contributed by atoms with Crippen molar-refractivity contribution >= 4 is 11.8 Å². The maximum absolute atomic E-state index is 11.5. The highest BCUT2D eigenvalue weighted by molar-refractivity contribution is 5.80. The molecule has 0 aliphatic heterocycles. The van der Waals surface area contributed by atoms with E-state index in [0.29, 0.717) is 0 Å². The monoisotopic (exact) mass is 358 g/mol. The number of rotatable bonds is 9. The molecule has 2 amide bonds. The van der Waals surface area contributed by atoms with Crippen LogP contribution in [-0.4, -0.2) is 40.3 Å². The average Bonchev–Trinajstić information content (AvgIpc) is 2.62. The highest BCUT2D eigenvalue weighted by Gasteiger charge is 2.32. The van der Waals surface area contributed by atoms with Gasteiger partial charge in [-0.25, -0.2) is 0 Å². The first kappa shape index (κ1) is 19.6. The van der Waals surface area contributed by atoms with Crippen LogP contribution in [0.1, 0.15) is 12.0 Å². The number of carbonyl (C=O) groups excluding carboxylic acids is 2. The number of amides is 2. The zero-order valence-corrected chi connectivity index (χ0v) is 14.1. The molecule has 7 nitrogen and oxygen atoms in total. The lowest BCUT2D eigenvalue weighted by Gasteiger charge is -2.24. The Bertz CT molecular complexity index is 733. The Hall–Kier alpha value is -2.74. The van der Waals surface area contributed by atoms with Crippen LogP contribution < -0.4 is 11.5 Å². The Kier molecular flexibility index (Phi) is 6.85. The molecule has 0 radical (unpaired) electrons. The van der Waals surface area contributed by atoms with Gasteiger partial charge in [0.1, 0.15) is 6.10 Å². The van der Waals surface area contributed by atoms with E-state index in [9.17, 15) is 19.8 Å². The average molecular weight is 358 g/mol. The van der Waals surface area contributed by atoms with E-state index >= 15 is 0 Å². The van der Waals surface area contributed by atoms with Crippen molar-refractivity contribution < 1.29 is 24.5 Å². The molecule has 6 N–H and O–H groups in total. The largest absolute Gasteiger partial charge is 0.390 e. The van der Waals surface area contributed by atoms with Gasteiger partial charge < -0.3 is 26.4 Å². The van der Waals surface area contributed by atoms with Gasteiger partial charge in [-0.1, -0.05) is 54.6 Å². The van der Waals surface area contributed by atoms with Crippen molar-refractivity contribution in [2.75, 3.05) is 0 Å². The quantitative estimate of drug-likeness (QED) is 0.512. The fraction of sp³-hybridized carbons (Fsp3) is 0.263. The molecule has 2 rings (SSSR count). The number of carbonyl (C=O) groups is 2. The molecule has 3 unspecified atom stereocenters. The fourth-order valence-electron chi connectivity index (χ4n) is 2.49. The summed E-state index contributed by atoms with van der Waals surface area (Å²) >= 11 is 0. The Labute approximate surface area is 151 Å². The molecule has 0 aromatic heterocycles. The van der Waals surface area contributed by atoms with Gasteiger partial charge in [0.05, 0.1) is 19.1 Å².